The van der Waals surface area contributed by atoms with Gasteiger partial charge in [-0.1, -0.05) is 26.0 Å². The highest BCUT2D eigenvalue weighted by atomic mass is 32.1. The third-order valence-electron chi connectivity index (χ3n) is 3.43. The van der Waals surface area contributed by atoms with Gasteiger partial charge in [0.15, 0.2) is 0 Å². The van der Waals surface area contributed by atoms with Gasteiger partial charge < -0.3 is 10.6 Å². The number of carbonyl (C=O) groups excluding carboxylic acids is 1. The SMILES string of the molecule is CC(C)CC(=O)n1nc(NCc2cccs2)nc1NCc1cccs1. The number of nitrogens with one attached hydrogen (secondary N) is 2. The summed E-state index contributed by atoms with van der Waals surface area (Å²) in [5.41, 5.74) is 0. The number of aromatic nitrogens is 3. The second kappa shape index (κ2) is 8.26. The Hall–Kier alpha value is -2.19. The minimum atomic E-state index is -0.0552. The minimum Gasteiger partial charge on any atom is -0.349 e. The molecule has 0 amide bonds. The lowest BCUT2D eigenvalue weighted by Crippen LogP contribution is -2.18. The summed E-state index contributed by atoms with van der Waals surface area (Å²) in [7, 11) is 0. The van der Waals surface area contributed by atoms with Crippen LogP contribution in [0.4, 0.5) is 11.9 Å². The third-order valence-corrected chi connectivity index (χ3v) is 5.18. The molecule has 8 heteroatoms. The Morgan fingerprint density at radius 3 is 2.32 bits per heavy atom. The molecule has 3 heterocycles. The van der Waals surface area contributed by atoms with Crippen molar-refractivity contribution in [1.29, 1.82) is 0 Å². The lowest BCUT2D eigenvalue weighted by molar-refractivity contribution is 0.0873. The van der Waals surface area contributed by atoms with Crippen molar-refractivity contribution in [1.82, 2.24) is 14.8 Å². The number of anilines is 2. The Labute approximate surface area is 154 Å². The zero-order chi connectivity index (χ0) is 17.6. The molecule has 132 valence electrons. The molecule has 0 unspecified atom stereocenters. The average molecular weight is 376 g/mol. The van der Waals surface area contributed by atoms with E-state index >= 15 is 0 Å². The third kappa shape index (κ3) is 4.90. The molecule has 3 rings (SSSR count). The van der Waals surface area contributed by atoms with Crippen LogP contribution in [0.3, 0.4) is 0 Å². The first-order valence-electron chi connectivity index (χ1n) is 8.14. The Balaban J connectivity index is 1.73. The lowest BCUT2D eigenvalue weighted by atomic mass is 10.1. The molecule has 25 heavy (non-hydrogen) atoms. The van der Waals surface area contributed by atoms with Gasteiger partial charge in [-0.2, -0.15) is 9.67 Å². The molecule has 0 atom stereocenters. The minimum absolute atomic E-state index is 0.0552. The second-order valence-corrected chi connectivity index (χ2v) is 8.09. The molecule has 3 aromatic heterocycles. The summed E-state index contributed by atoms with van der Waals surface area (Å²) in [5.74, 6) is 1.15. The molecular weight excluding hydrogens is 354 g/mol. The largest absolute Gasteiger partial charge is 0.349 e. The van der Waals surface area contributed by atoms with E-state index in [4.69, 9.17) is 0 Å². The maximum Gasteiger partial charge on any atom is 0.250 e. The van der Waals surface area contributed by atoms with Crippen LogP contribution in [0.25, 0.3) is 0 Å². The van der Waals surface area contributed by atoms with Crippen molar-refractivity contribution in [3.05, 3.63) is 44.8 Å². The van der Waals surface area contributed by atoms with E-state index in [1.165, 1.54) is 14.4 Å². The predicted molar refractivity (Wildman–Crippen MR) is 103 cm³/mol. The molecule has 0 aliphatic rings. The van der Waals surface area contributed by atoms with Crippen molar-refractivity contribution in [3.8, 4) is 0 Å². The van der Waals surface area contributed by atoms with Crippen LogP contribution < -0.4 is 10.6 Å². The molecule has 0 saturated heterocycles. The quantitative estimate of drug-likeness (QED) is 0.614. The van der Waals surface area contributed by atoms with E-state index in [9.17, 15) is 4.79 Å². The van der Waals surface area contributed by atoms with Crippen LogP contribution >= 0.6 is 22.7 Å². The summed E-state index contributed by atoms with van der Waals surface area (Å²) in [4.78, 5) is 19.3. The average Bonchev–Trinajstić information content (AvgIpc) is 3.31. The van der Waals surface area contributed by atoms with Gasteiger partial charge in [-0.15, -0.1) is 27.8 Å². The van der Waals surface area contributed by atoms with E-state index in [0.717, 1.165) is 0 Å². The summed E-state index contributed by atoms with van der Waals surface area (Å²) in [5, 5.41) is 14.8. The molecule has 0 fully saturated rings. The monoisotopic (exact) mass is 375 g/mol. The van der Waals surface area contributed by atoms with Gasteiger partial charge in [0.25, 0.3) is 0 Å². The summed E-state index contributed by atoms with van der Waals surface area (Å²) in [6.07, 6.45) is 0.432. The number of thiophene rings is 2. The molecule has 0 aliphatic carbocycles. The van der Waals surface area contributed by atoms with Crippen LogP contribution in [0.5, 0.6) is 0 Å². The van der Waals surface area contributed by atoms with E-state index in [2.05, 4.69) is 26.8 Å². The summed E-state index contributed by atoms with van der Waals surface area (Å²) >= 11 is 3.33. The number of hydrogen-bond donors (Lipinski definition) is 2. The maximum atomic E-state index is 12.5. The highest BCUT2D eigenvalue weighted by Gasteiger charge is 2.17. The van der Waals surface area contributed by atoms with Crippen LogP contribution in [-0.2, 0) is 13.1 Å². The summed E-state index contributed by atoms with van der Waals surface area (Å²) in [6.45, 7) is 5.30. The fourth-order valence-corrected chi connectivity index (χ4v) is 3.56. The number of nitrogens with zero attached hydrogens (tertiary/aromatic N) is 3. The Morgan fingerprint density at radius 2 is 1.76 bits per heavy atom. The molecule has 0 aliphatic heterocycles. The molecule has 0 bridgehead atoms. The van der Waals surface area contributed by atoms with Crippen molar-refractivity contribution >= 4 is 40.5 Å². The highest BCUT2D eigenvalue weighted by Crippen LogP contribution is 2.17. The number of carbonyl (C=O) groups is 1. The van der Waals surface area contributed by atoms with Gasteiger partial charge in [-0.25, -0.2) is 0 Å². The van der Waals surface area contributed by atoms with Gasteiger partial charge in [0.1, 0.15) is 0 Å². The zero-order valence-corrected chi connectivity index (χ0v) is 15.9. The van der Waals surface area contributed by atoms with E-state index in [0.29, 0.717) is 31.4 Å². The van der Waals surface area contributed by atoms with E-state index in [1.807, 2.05) is 42.8 Å². The van der Waals surface area contributed by atoms with Gasteiger partial charge in [-0.3, -0.25) is 4.79 Å². The summed E-state index contributed by atoms with van der Waals surface area (Å²) < 4.78 is 1.38. The second-order valence-electron chi connectivity index (χ2n) is 6.03. The zero-order valence-electron chi connectivity index (χ0n) is 14.2. The first kappa shape index (κ1) is 17.6. The van der Waals surface area contributed by atoms with Gasteiger partial charge >= 0.3 is 0 Å². The van der Waals surface area contributed by atoms with Gasteiger partial charge in [0.05, 0.1) is 13.1 Å². The predicted octanol–water partition coefficient (Wildman–Crippen LogP) is 4.31. The molecule has 6 nitrogen and oxygen atoms in total. The van der Waals surface area contributed by atoms with Crippen LogP contribution in [0.1, 0.15) is 34.8 Å². The molecular formula is C17H21N5OS2. The molecule has 3 aromatic rings. The molecule has 0 spiro atoms. The molecule has 0 aromatic carbocycles. The smallest absolute Gasteiger partial charge is 0.250 e. The van der Waals surface area contributed by atoms with Crippen molar-refractivity contribution in [3.63, 3.8) is 0 Å². The van der Waals surface area contributed by atoms with Crippen LogP contribution in [0.2, 0.25) is 0 Å². The Bertz CT molecular complexity index is 793. The van der Waals surface area contributed by atoms with Gasteiger partial charge in [0, 0.05) is 16.2 Å². The van der Waals surface area contributed by atoms with Gasteiger partial charge in [0.2, 0.25) is 17.8 Å². The van der Waals surface area contributed by atoms with E-state index < -0.39 is 0 Å². The van der Waals surface area contributed by atoms with Crippen molar-refractivity contribution in [2.24, 2.45) is 5.92 Å². The fourth-order valence-electron chi connectivity index (χ4n) is 2.27. The van der Waals surface area contributed by atoms with Crippen molar-refractivity contribution in [2.75, 3.05) is 10.6 Å². The number of rotatable bonds is 8. The molecule has 0 saturated carbocycles. The van der Waals surface area contributed by atoms with E-state index in [-0.39, 0.29) is 11.8 Å². The van der Waals surface area contributed by atoms with Crippen LogP contribution in [0.15, 0.2) is 35.0 Å². The highest BCUT2D eigenvalue weighted by molar-refractivity contribution is 7.10. The van der Waals surface area contributed by atoms with Crippen molar-refractivity contribution < 1.29 is 4.79 Å². The Kier molecular flexibility index (Phi) is 5.83. The van der Waals surface area contributed by atoms with Gasteiger partial charge in [-0.05, 0) is 28.8 Å². The molecule has 0 radical (unpaired) electrons. The fraction of sp³-hybridized carbons (Fsp3) is 0.353. The normalized spacial score (nSPS) is 11.0. The standard InChI is InChI=1S/C17H21N5OS2/c1-12(2)9-15(23)22-17(19-11-14-6-4-8-25-14)20-16(21-22)18-10-13-5-3-7-24-13/h3-8,12H,9-11H2,1-2H3,(H2,18,19,20,21). The lowest BCUT2D eigenvalue weighted by Gasteiger charge is -2.07. The topological polar surface area (TPSA) is 71.8 Å². The first-order chi connectivity index (χ1) is 12.1. The van der Waals surface area contributed by atoms with E-state index in [1.54, 1.807) is 22.7 Å². The Morgan fingerprint density at radius 1 is 1.12 bits per heavy atom. The van der Waals surface area contributed by atoms with Crippen LogP contribution in [0, 0.1) is 5.92 Å². The van der Waals surface area contributed by atoms with Crippen molar-refractivity contribution in [2.45, 2.75) is 33.4 Å². The summed E-state index contributed by atoms with van der Waals surface area (Å²) in [6, 6.07) is 8.11. The molecule has 2 N–H and O–H groups in total. The first-order valence-corrected chi connectivity index (χ1v) is 9.90. The van der Waals surface area contributed by atoms with Crippen LogP contribution in [-0.4, -0.2) is 20.7 Å². The maximum absolute atomic E-state index is 12.5. The number of hydrogen-bond acceptors (Lipinski definition) is 7.